The molecule has 0 amide bonds. The minimum Gasteiger partial charge on any atom is -0.399 e. The Morgan fingerprint density at radius 1 is 1.42 bits per heavy atom. The summed E-state index contributed by atoms with van der Waals surface area (Å²) in [4.78, 5) is 0. The Kier molecular flexibility index (Phi) is 2.60. The average molecular weight is 172 g/mol. The standard InChI is InChI=1S/C8H10F2N2/c9-4-8(12)6-3-5(11)1-2-7(6)10/h1-3,8H,4,11-12H2. The first-order chi connectivity index (χ1) is 5.65. The summed E-state index contributed by atoms with van der Waals surface area (Å²) in [5, 5.41) is 0. The van der Waals surface area contributed by atoms with Crippen LogP contribution in [0.3, 0.4) is 0 Å². The number of halogens is 2. The first-order valence-electron chi connectivity index (χ1n) is 3.51. The molecule has 0 aliphatic carbocycles. The van der Waals surface area contributed by atoms with E-state index in [0.29, 0.717) is 5.69 Å². The van der Waals surface area contributed by atoms with Gasteiger partial charge in [-0.2, -0.15) is 0 Å². The lowest BCUT2D eigenvalue weighted by atomic mass is 10.1. The van der Waals surface area contributed by atoms with E-state index in [0.717, 1.165) is 0 Å². The van der Waals surface area contributed by atoms with Crippen molar-refractivity contribution in [3.63, 3.8) is 0 Å². The fourth-order valence-electron chi connectivity index (χ4n) is 0.929. The minimum absolute atomic E-state index is 0.123. The second-order valence-electron chi connectivity index (χ2n) is 2.54. The van der Waals surface area contributed by atoms with Crippen molar-refractivity contribution >= 4 is 5.69 Å². The maximum absolute atomic E-state index is 12.9. The molecule has 0 aliphatic heterocycles. The van der Waals surface area contributed by atoms with Gasteiger partial charge in [0.2, 0.25) is 0 Å². The van der Waals surface area contributed by atoms with E-state index in [1.807, 2.05) is 0 Å². The summed E-state index contributed by atoms with van der Waals surface area (Å²) in [7, 11) is 0. The molecule has 12 heavy (non-hydrogen) atoms. The number of alkyl halides is 1. The van der Waals surface area contributed by atoms with Crippen LogP contribution in [-0.2, 0) is 0 Å². The summed E-state index contributed by atoms with van der Waals surface area (Å²) < 4.78 is 25.0. The van der Waals surface area contributed by atoms with Crippen LogP contribution in [0.15, 0.2) is 18.2 Å². The third-order valence-electron chi connectivity index (χ3n) is 1.59. The van der Waals surface area contributed by atoms with Crippen LogP contribution in [0.2, 0.25) is 0 Å². The van der Waals surface area contributed by atoms with Gasteiger partial charge in [-0.1, -0.05) is 0 Å². The van der Waals surface area contributed by atoms with Gasteiger partial charge < -0.3 is 11.5 Å². The van der Waals surface area contributed by atoms with Crippen molar-refractivity contribution in [2.45, 2.75) is 6.04 Å². The van der Waals surface area contributed by atoms with E-state index in [1.165, 1.54) is 18.2 Å². The summed E-state index contributed by atoms with van der Waals surface area (Å²) in [5.74, 6) is -0.519. The molecule has 0 heterocycles. The summed E-state index contributed by atoms with van der Waals surface area (Å²) in [6, 6.07) is 3.01. The highest BCUT2D eigenvalue weighted by molar-refractivity contribution is 5.42. The monoisotopic (exact) mass is 172 g/mol. The molecule has 0 aromatic heterocycles. The Morgan fingerprint density at radius 3 is 2.67 bits per heavy atom. The lowest BCUT2D eigenvalue weighted by Crippen LogP contribution is -2.14. The molecule has 1 rings (SSSR count). The second kappa shape index (κ2) is 3.49. The van der Waals surface area contributed by atoms with Crippen LogP contribution in [0, 0.1) is 5.82 Å². The molecule has 4 heteroatoms. The van der Waals surface area contributed by atoms with Crippen molar-refractivity contribution < 1.29 is 8.78 Å². The van der Waals surface area contributed by atoms with Gasteiger partial charge in [0.15, 0.2) is 0 Å². The molecule has 0 saturated carbocycles. The number of nitrogens with two attached hydrogens (primary N) is 2. The largest absolute Gasteiger partial charge is 0.399 e. The molecule has 1 unspecified atom stereocenters. The van der Waals surface area contributed by atoms with Crippen LogP contribution in [0.4, 0.5) is 14.5 Å². The third-order valence-corrected chi connectivity index (χ3v) is 1.59. The Labute approximate surface area is 69.2 Å². The molecule has 1 aromatic rings. The Morgan fingerprint density at radius 2 is 2.08 bits per heavy atom. The minimum atomic E-state index is -0.923. The van der Waals surface area contributed by atoms with Gasteiger partial charge in [-0.15, -0.1) is 0 Å². The van der Waals surface area contributed by atoms with Crippen LogP contribution in [-0.4, -0.2) is 6.67 Å². The van der Waals surface area contributed by atoms with Gasteiger partial charge in [0.05, 0.1) is 6.04 Å². The normalized spacial score (nSPS) is 12.9. The molecule has 0 fully saturated rings. The van der Waals surface area contributed by atoms with Gasteiger partial charge in [-0.25, -0.2) is 8.78 Å². The van der Waals surface area contributed by atoms with Gasteiger partial charge >= 0.3 is 0 Å². The zero-order valence-electron chi connectivity index (χ0n) is 6.43. The molecule has 4 N–H and O–H groups in total. The number of hydrogen-bond donors (Lipinski definition) is 2. The van der Waals surface area contributed by atoms with Crippen LogP contribution in [0.25, 0.3) is 0 Å². The van der Waals surface area contributed by atoms with Gasteiger partial charge in [-0.3, -0.25) is 0 Å². The molecule has 66 valence electrons. The maximum Gasteiger partial charge on any atom is 0.128 e. The van der Waals surface area contributed by atoms with Crippen LogP contribution in [0.5, 0.6) is 0 Å². The summed E-state index contributed by atoms with van der Waals surface area (Å²) in [6.45, 7) is -0.791. The Bertz CT molecular complexity index is 276. The van der Waals surface area contributed by atoms with E-state index in [2.05, 4.69) is 0 Å². The zero-order chi connectivity index (χ0) is 9.14. The van der Waals surface area contributed by atoms with Gasteiger partial charge in [0, 0.05) is 11.3 Å². The molecule has 0 spiro atoms. The van der Waals surface area contributed by atoms with Crippen LogP contribution >= 0.6 is 0 Å². The van der Waals surface area contributed by atoms with E-state index in [-0.39, 0.29) is 5.56 Å². The number of nitrogen functional groups attached to an aromatic ring is 1. The second-order valence-corrected chi connectivity index (χ2v) is 2.54. The summed E-state index contributed by atoms with van der Waals surface area (Å²) in [6.07, 6.45) is 0. The van der Waals surface area contributed by atoms with E-state index >= 15 is 0 Å². The maximum atomic E-state index is 12.9. The number of hydrogen-bond acceptors (Lipinski definition) is 2. The fourth-order valence-corrected chi connectivity index (χ4v) is 0.929. The van der Waals surface area contributed by atoms with Crippen molar-refractivity contribution in [3.8, 4) is 0 Å². The van der Waals surface area contributed by atoms with Crippen molar-refractivity contribution in [2.75, 3.05) is 12.4 Å². The van der Waals surface area contributed by atoms with E-state index in [9.17, 15) is 8.78 Å². The molecular weight excluding hydrogens is 162 g/mol. The third kappa shape index (κ3) is 1.71. The van der Waals surface area contributed by atoms with Gasteiger partial charge in [0.1, 0.15) is 12.5 Å². The predicted octanol–water partition coefficient (Wildman–Crippen LogP) is 1.38. The van der Waals surface area contributed by atoms with Gasteiger partial charge in [-0.05, 0) is 18.2 Å². The molecule has 1 atom stereocenters. The van der Waals surface area contributed by atoms with Crippen LogP contribution < -0.4 is 11.5 Å². The van der Waals surface area contributed by atoms with Crippen LogP contribution in [0.1, 0.15) is 11.6 Å². The Hall–Kier alpha value is -1.16. The lowest BCUT2D eigenvalue weighted by Gasteiger charge is -2.08. The number of benzene rings is 1. The molecule has 2 nitrogen and oxygen atoms in total. The number of anilines is 1. The van der Waals surface area contributed by atoms with Crippen molar-refractivity contribution in [1.29, 1.82) is 0 Å². The van der Waals surface area contributed by atoms with E-state index < -0.39 is 18.5 Å². The van der Waals surface area contributed by atoms with Crippen molar-refractivity contribution in [3.05, 3.63) is 29.6 Å². The predicted molar refractivity (Wildman–Crippen MR) is 43.7 cm³/mol. The molecule has 0 bridgehead atoms. The molecule has 1 aromatic carbocycles. The van der Waals surface area contributed by atoms with Gasteiger partial charge in [0.25, 0.3) is 0 Å². The highest BCUT2D eigenvalue weighted by Crippen LogP contribution is 2.18. The molecule has 0 radical (unpaired) electrons. The molecule has 0 aliphatic rings. The zero-order valence-corrected chi connectivity index (χ0v) is 6.43. The summed E-state index contributed by atoms with van der Waals surface area (Å²) in [5.41, 5.74) is 11.2. The first-order valence-corrected chi connectivity index (χ1v) is 3.51. The summed E-state index contributed by atoms with van der Waals surface area (Å²) >= 11 is 0. The topological polar surface area (TPSA) is 52.0 Å². The quantitative estimate of drug-likeness (QED) is 0.662. The Balaban J connectivity index is 3.04. The molecular formula is C8H10F2N2. The SMILES string of the molecule is Nc1ccc(F)c(C(N)CF)c1. The fraction of sp³-hybridized carbons (Fsp3) is 0.250. The van der Waals surface area contributed by atoms with E-state index in [4.69, 9.17) is 11.5 Å². The van der Waals surface area contributed by atoms with Crippen molar-refractivity contribution in [2.24, 2.45) is 5.73 Å². The van der Waals surface area contributed by atoms with Crippen molar-refractivity contribution in [1.82, 2.24) is 0 Å². The number of rotatable bonds is 2. The molecule has 0 saturated heterocycles. The smallest absolute Gasteiger partial charge is 0.128 e. The lowest BCUT2D eigenvalue weighted by molar-refractivity contribution is 0.427. The highest BCUT2D eigenvalue weighted by Gasteiger charge is 2.10. The van der Waals surface area contributed by atoms with E-state index in [1.54, 1.807) is 0 Å². The first kappa shape index (κ1) is 8.93. The average Bonchev–Trinajstić information content (AvgIpc) is 2.08. The highest BCUT2D eigenvalue weighted by atomic mass is 19.1.